The maximum Gasteiger partial charge on any atom is 0.119 e. The van der Waals surface area contributed by atoms with Gasteiger partial charge >= 0.3 is 0 Å². The third kappa shape index (κ3) is 5.59. The Hall–Kier alpha value is -1.24. The highest BCUT2D eigenvalue weighted by molar-refractivity contribution is 5.27. The van der Waals surface area contributed by atoms with E-state index in [-0.39, 0.29) is 0 Å². The Morgan fingerprint density at radius 2 is 2.06 bits per heavy atom. The average Bonchev–Trinajstić information content (AvgIpc) is 2.28. The Morgan fingerprint density at radius 3 is 2.81 bits per heavy atom. The molecule has 0 saturated carbocycles. The molecule has 1 aromatic rings. The van der Waals surface area contributed by atoms with Crippen molar-refractivity contribution in [1.82, 2.24) is 0 Å². The lowest BCUT2D eigenvalue weighted by Gasteiger charge is -2.06. The van der Waals surface area contributed by atoms with Gasteiger partial charge in [-0.25, -0.2) is 0 Å². The van der Waals surface area contributed by atoms with Crippen LogP contribution in [0.4, 0.5) is 0 Å². The maximum atomic E-state index is 5.68. The molecule has 0 aliphatic carbocycles. The molecule has 0 amide bonds. The van der Waals surface area contributed by atoms with Gasteiger partial charge in [-0.15, -0.1) is 0 Å². The van der Waals surface area contributed by atoms with E-state index in [4.69, 9.17) is 4.74 Å². The van der Waals surface area contributed by atoms with Crippen LogP contribution in [0, 0.1) is 6.92 Å². The monoisotopic (exact) mass is 218 g/mol. The summed E-state index contributed by atoms with van der Waals surface area (Å²) >= 11 is 0. The van der Waals surface area contributed by atoms with Gasteiger partial charge in [0.25, 0.3) is 0 Å². The largest absolute Gasteiger partial charge is 0.494 e. The van der Waals surface area contributed by atoms with Crippen LogP contribution in [0.1, 0.15) is 38.2 Å². The predicted molar refractivity (Wildman–Crippen MR) is 70.0 cm³/mol. The van der Waals surface area contributed by atoms with Crippen molar-refractivity contribution in [1.29, 1.82) is 0 Å². The van der Waals surface area contributed by atoms with Crippen molar-refractivity contribution < 1.29 is 4.74 Å². The summed E-state index contributed by atoms with van der Waals surface area (Å²) in [5.74, 6) is 0.994. The van der Waals surface area contributed by atoms with Gasteiger partial charge in [0.2, 0.25) is 0 Å². The third-order valence-electron chi connectivity index (χ3n) is 2.51. The number of ether oxygens (including phenoxy) is 1. The van der Waals surface area contributed by atoms with E-state index in [0.29, 0.717) is 0 Å². The van der Waals surface area contributed by atoms with Gasteiger partial charge < -0.3 is 4.74 Å². The van der Waals surface area contributed by atoms with E-state index in [1.165, 1.54) is 24.8 Å². The Morgan fingerprint density at radius 1 is 1.19 bits per heavy atom. The average molecular weight is 218 g/mol. The second-order valence-electron chi connectivity index (χ2n) is 4.08. The molecule has 16 heavy (non-hydrogen) atoms. The highest BCUT2D eigenvalue weighted by atomic mass is 16.5. The zero-order chi connectivity index (χ0) is 11.6. The van der Waals surface area contributed by atoms with E-state index in [0.717, 1.165) is 18.8 Å². The number of rotatable bonds is 7. The number of hydrogen-bond donors (Lipinski definition) is 0. The SMILES string of the molecule is C/C=C/CCCCCOc1cccc(C)c1. The summed E-state index contributed by atoms with van der Waals surface area (Å²) in [6.07, 6.45) is 9.19. The Labute approximate surface area is 99.1 Å². The van der Waals surface area contributed by atoms with Crippen molar-refractivity contribution in [2.75, 3.05) is 6.61 Å². The van der Waals surface area contributed by atoms with E-state index < -0.39 is 0 Å². The topological polar surface area (TPSA) is 9.23 Å². The number of allylic oxidation sites excluding steroid dienone is 2. The molecule has 0 atom stereocenters. The van der Waals surface area contributed by atoms with Gasteiger partial charge in [-0.1, -0.05) is 24.3 Å². The Bertz CT molecular complexity index is 315. The summed E-state index contributed by atoms with van der Waals surface area (Å²) < 4.78 is 5.68. The highest BCUT2D eigenvalue weighted by Gasteiger charge is 1.93. The molecular weight excluding hydrogens is 196 g/mol. The molecule has 0 radical (unpaired) electrons. The predicted octanol–water partition coefficient (Wildman–Crippen LogP) is 4.51. The molecule has 0 aliphatic rings. The van der Waals surface area contributed by atoms with Gasteiger partial charge in [-0.05, 0) is 57.2 Å². The lowest BCUT2D eigenvalue weighted by Crippen LogP contribution is -1.97. The fraction of sp³-hybridized carbons (Fsp3) is 0.467. The van der Waals surface area contributed by atoms with Crippen LogP contribution in [0.15, 0.2) is 36.4 Å². The summed E-state index contributed by atoms with van der Waals surface area (Å²) in [5.41, 5.74) is 1.26. The minimum atomic E-state index is 0.833. The van der Waals surface area contributed by atoms with Crippen LogP contribution in [0.3, 0.4) is 0 Å². The lowest BCUT2D eigenvalue weighted by molar-refractivity contribution is 0.305. The zero-order valence-corrected chi connectivity index (χ0v) is 10.4. The van der Waals surface area contributed by atoms with Crippen LogP contribution in [0.5, 0.6) is 5.75 Å². The smallest absolute Gasteiger partial charge is 0.119 e. The first-order chi connectivity index (χ1) is 7.83. The van der Waals surface area contributed by atoms with Gasteiger partial charge in [-0.3, -0.25) is 0 Å². The lowest BCUT2D eigenvalue weighted by atomic mass is 10.2. The molecule has 0 bridgehead atoms. The molecule has 1 heteroatoms. The third-order valence-corrected chi connectivity index (χ3v) is 2.51. The van der Waals surface area contributed by atoms with E-state index >= 15 is 0 Å². The van der Waals surface area contributed by atoms with Crippen molar-refractivity contribution >= 4 is 0 Å². The van der Waals surface area contributed by atoms with Crippen LogP contribution in [0.2, 0.25) is 0 Å². The summed E-state index contributed by atoms with van der Waals surface area (Å²) in [5, 5.41) is 0. The Balaban J connectivity index is 2.07. The minimum absolute atomic E-state index is 0.833. The van der Waals surface area contributed by atoms with Crippen molar-refractivity contribution in [2.45, 2.75) is 39.5 Å². The first kappa shape index (κ1) is 12.8. The van der Waals surface area contributed by atoms with E-state index in [1.807, 2.05) is 12.1 Å². The maximum absolute atomic E-state index is 5.68. The van der Waals surface area contributed by atoms with E-state index in [1.54, 1.807) is 0 Å². The van der Waals surface area contributed by atoms with Gasteiger partial charge in [-0.2, -0.15) is 0 Å². The number of aryl methyl sites for hydroxylation is 1. The minimum Gasteiger partial charge on any atom is -0.494 e. The molecule has 1 aromatic carbocycles. The van der Waals surface area contributed by atoms with Gasteiger partial charge in [0.05, 0.1) is 6.61 Å². The fourth-order valence-electron chi connectivity index (χ4n) is 1.60. The fourth-order valence-corrected chi connectivity index (χ4v) is 1.60. The summed E-state index contributed by atoms with van der Waals surface area (Å²) in [7, 11) is 0. The van der Waals surface area contributed by atoms with Crippen LogP contribution in [-0.4, -0.2) is 6.61 Å². The van der Waals surface area contributed by atoms with Crippen LogP contribution in [0.25, 0.3) is 0 Å². The number of unbranched alkanes of at least 4 members (excludes halogenated alkanes) is 3. The van der Waals surface area contributed by atoms with Gasteiger partial charge in [0.15, 0.2) is 0 Å². The standard InChI is InChI=1S/C15H22O/c1-3-4-5-6-7-8-12-16-15-11-9-10-14(2)13-15/h3-4,9-11,13H,5-8,12H2,1-2H3/b4-3+. The van der Waals surface area contributed by atoms with Crippen molar-refractivity contribution in [2.24, 2.45) is 0 Å². The molecule has 0 spiro atoms. The van der Waals surface area contributed by atoms with Crippen LogP contribution >= 0.6 is 0 Å². The Kier molecular flexibility index (Phi) is 6.39. The molecule has 0 unspecified atom stereocenters. The second-order valence-corrected chi connectivity index (χ2v) is 4.08. The van der Waals surface area contributed by atoms with Crippen molar-refractivity contribution in [3.63, 3.8) is 0 Å². The number of hydrogen-bond acceptors (Lipinski definition) is 1. The van der Waals surface area contributed by atoms with Gasteiger partial charge in [0.1, 0.15) is 5.75 Å². The molecule has 0 aliphatic heterocycles. The quantitative estimate of drug-likeness (QED) is 0.483. The normalized spacial score (nSPS) is 10.9. The molecule has 0 saturated heterocycles. The highest BCUT2D eigenvalue weighted by Crippen LogP contribution is 2.13. The number of benzene rings is 1. The zero-order valence-electron chi connectivity index (χ0n) is 10.4. The van der Waals surface area contributed by atoms with Crippen molar-refractivity contribution in [3.8, 4) is 5.75 Å². The van der Waals surface area contributed by atoms with Gasteiger partial charge in [0, 0.05) is 0 Å². The first-order valence-corrected chi connectivity index (χ1v) is 6.13. The molecule has 0 N–H and O–H groups in total. The first-order valence-electron chi connectivity index (χ1n) is 6.13. The molecule has 88 valence electrons. The second kappa shape index (κ2) is 7.98. The molecule has 0 aromatic heterocycles. The molecule has 0 fully saturated rings. The molecule has 0 heterocycles. The summed E-state index contributed by atoms with van der Waals surface area (Å²) in [6, 6.07) is 8.23. The van der Waals surface area contributed by atoms with Crippen molar-refractivity contribution in [3.05, 3.63) is 42.0 Å². The van der Waals surface area contributed by atoms with E-state index in [2.05, 4.69) is 38.1 Å². The molecular formula is C15H22O. The molecule has 1 nitrogen and oxygen atoms in total. The van der Waals surface area contributed by atoms with Crippen LogP contribution < -0.4 is 4.74 Å². The summed E-state index contributed by atoms with van der Waals surface area (Å²) in [6.45, 7) is 4.99. The summed E-state index contributed by atoms with van der Waals surface area (Å²) in [4.78, 5) is 0. The van der Waals surface area contributed by atoms with Crippen LogP contribution in [-0.2, 0) is 0 Å². The van der Waals surface area contributed by atoms with E-state index in [9.17, 15) is 0 Å². The molecule has 1 rings (SSSR count).